The number of aromatic nitrogens is 1. The Morgan fingerprint density at radius 2 is 1.91 bits per heavy atom. The molecule has 0 N–H and O–H groups in total. The number of carbonyl (C=O) groups is 1. The van der Waals surface area contributed by atoms with Gasteiger partial charge < -0.3 is 19.0 Å². The van der Waals surface area contributed by atoms with Crippen molar-refractivity contribution in [2.45, 2.75) is 32.1 Å². The molecule has 2 fully saturated rings. The fourth-order valence-corrected chi connectivity index (χ4v) is 5.01. The molecule has 3 aromatic rings. The number of benzene rings is 2. The third kappa shape index (κ3) is 4.65. The molecular formula is C26H31N3O3. The second-order valence-electron chi connectivity index (χ2n) is 9.08. The van der Waals surface area contributed by atoms with Gasteiger partial charge in [-0.25, -0.2) is 4.98 Å². The minimum atomic E-state index is 0.103. The standard InChI is InChI=1S/C26H31N3O3/c1-31-22-9-6-19(7-10-22)15-25-27-23-11-8-21(16-24(23)32-25)26(30)29-14-4-5-20(18-29)17-28-12-2-3-13-28/h6-11,16,20H,2-5,12-15,17-18H2,1H3. The van der Waals surface area contributed by atoms with Crippen LogP contribution in [-0.4, -0.2) is 60.5 Å². The van der Waals surface area contributed by atoms with Gasteiger partial charge >= 0.3 is 0 Å². The van der Waals surface area contributed by atoms with Crippen LogP contribution in [0.1, 0.15) is 47.5 Å². The minimum Gasteiger partial charge on any atom is -0.497 e. The second kappa shape index (κ2) is 9.33. The summed E-state index contributed by atoms with van der Waals surface area (Å²) in [5, 5.41) is 0. The van der Waals surface area contributed by atoms with Gasteiger partial charge in [0.2, 0.25) is 0 Å². The monoisotopic (exact) mass is 433 g/mol. The number of piperidine rings is 1. The van der Waals surface area contributed by atoms with E-state index in [4.69, 9.17) is 9.15 Å². The van der Waals surface area contributed by atoms with Gasteiger partial charge in [-0.15, -0.1) is 0 Å². The van der Waals surface area contributed by atoms with Crippen molar-refractivity contribution in [3.8, 4) is 5.75 Å². The van der Waals surface area contributed by atoms with Gasteiger partial charge in [-0.3, -0.25) is 4.79 Å². The zero-order valence-corrected chi connectivity index (χ0v) is 18.8. The van der Waals surface area contributed by atoms with Crippen molar-refractivity contribution in [1.82, 2.24) is 14.8 Å². The third-order valence-corrected chi connectivity index (χ3v) is 6.72. The highest BCUT2D eigenvalue weighted by Gasteiger charge is 2.27. The molecule has 2 saturated heterocycles. The van der Waals surface area contributed by atoms with Crippen LogP contribution in [0.2, 0.25) is 0 Å². The van der Waals surface area contributed by atoms with Crippen molar-refractivity contribution < 1.29 is 13.9 Å². The number of methoxy groups -OCH3 is 1. The Labute approximate surface area is 189 Å². The average Bonchev–Trinajstić information content (AvgIpc) is 3.48. The summed E-state index contributed by atoms with van der Waals surface area (Å²) in [7, 11) is 1.66. The number of ether oxygens (including phenoxy) is 1. The van der Waals surface area contributed by atoms with Gasteiger partial charge in [-0.05, 0) is 80.6 Å². The first-order chi connectivity index (χ1) is 15.7. The van der Waals surface area contributed by atoms with Crippen molar-refractivity contribution in [1.29, 1.82) is 0 Å². The predicted octanol–water partition coefficient (Wildman–Crippen LogP) is 4.38. The van der Waals surface area contributed by atoms with Gasteiger partial charge in [-0.1, -0.05) is 12.1 Å². The quantitative estimate of drug-likeness (QED) is 0.578. The van der Waals surface area contributed by atoms with Crippen molar-refractivity contribution in [2.75, 3.05) is 39.8 Å². The number of rotatable bonds is 6. The maximum atomic E-state index is 13.2. The molecule has 2 aliphatic heterocycles. The first-order valence-electron chi connectivity index (χ1n) is 11.7. The molecule has 0 aliphatic carbocycles. The molecule has 1 aromatic heterocycles. The smallest absolute Gasteiger partial charge is 0.254 e. The molecule has 0 saturated carbocycles. The Morgan fingerprint density at radius 1 is 1.09 bits per heavy atom. The number of likely N-dealkylation sites (tertiary alicyclic amines) is 2. The second-order valence-corrected chi connectivity index (χ2v) is 9.08. The molecule has 2 aromatic carbocycles. The number of amides is 1. The Hall–Kier alpha value is -2.86. The van der Waals surface area contributed by atoms with Gasteiger partial charge in [0.1, 0.15) is 11.3 Å². The van der Waals surface area contributed by atoms with E-state index in [2.05, 4.69) is 9.88 Å². The van der Waals surface area contributed by atoms with E-state index in [-0.39, 0.29) is 5.91 Å². The number of hydrogen-bond donors (Lipinski definition) is 0. The van der Waals surface area contributed by atoms with Gasteiger partial charge in [0.15, 0.2) is 11.5 Å². The van der Waals surface area contributed by atoms with Crippen LogP contribution in [0.3, 0.4) is 0 Å². The Bertz CT molecular complexity index is 1070. The maximum absolute atomic E-state index is 13.2. The van der Waals surface area contributed by atoms with E-state index in [0.29, 0.717) is 29.4 Å². The van der Waals surface area contributed by atoms with Crippen molar-refractivity contribution in [3.63, 3.8) is 0 Å². The zero-order valence-electron chi connectivity index (χ0n) is 18.8. The van der Waals surface area contributed by atoms with E-state index in [1.807, 2.05) is 47.4 Å². The topological polar surface area (TPSA) is 58.8 Å². The van der Waals surface area contributed by atoms with Crippen LogP contribution in [0.4, 0.5) is 0 Å². The van der Waals surface area contributed by atoms with E-state index in [1.54, 1.807) is 7.11 Å². The van der Waals surface area contributed by atoms with Gasteiger partial charge in [0.25, 0.3) is 5.91 Å². The van der Waals surface area contributed by atoms with Crippen LogP contribution in [0, 0.1) is 5.92 Å². The zero-order chi connectivity index (χ0) is 21.9. The summed E-state index contributed by atoms with van der Waals surface area (Å²) in [4.78, 5) is 22.4. The molecule has 6 nitrogen and oxygen atoms in total. The Morgan fingerprint density at radius 3 is 2.69 bits per heavy atom. The number of hydrogen-bond acceptors (Lipinski definition) is 5. The Balaban J connectivity index is 1.26. The van der Waals surface area contributed by atoms with Gasteiger partial charge in [0.05, 0.1) is 7.11 Å². The highest BCUT2D eigenvalue weighted by molar-refractivity contribution is 5.97. The largest absolute Gasteiger partial charge is 0.497 e. The number of carbonyl (C=O) groups excluding carboxylic acids is 1. The molecule has 6 heteroatoms. The van der Waals surface area contributed by atoms with Crippen molar-refractivity contribution in [2.24, 2.45) is 5.92 Å². The molecular weight excluding hydrogens is 402 g/mol. The summed E-state index contributed by atoms with van der Waals surface area (Å²) in [6, 6.07) is 13.5. The van der Waals surface area contributed by atoms with E-state index in [1.165, 1.54) is 32.4 Å². The number of fused-ring (bicyclic) bond motifs is 1. The fourth-order valence-electron chi connectivity index (χ4n) is 5.01. The summed E-state index contributed by atoms with van der Waals surface area (Å²) in [6.45, 7) is 5.25. The van der Waals surface area contributed by atoms with Crippen LogP contribution in [0.25, 0.3) is 11.1 Å². The first-order valence-corrected chi connectivity index (χ1v) is 11.7. The summed E-state index contributed by atoms with van der Waals surface area (Å²) < 4.78 is 11.2. The molecule has 0 spiro atoms. The lowest BCUT2D eigenvalue weighted by Gasteiger charge is -2.34. The third-order valence-electron chi connectivity index (χ3n) is 6.72. The van der Waals surface area contributed by atoms with Gasteiger partial charge in [-0.2, -0.15) is 0 Å². The van der Waals surface area contributed by atoms with Crippen LogP contribution < -0.4 is 4.74 Å². The molecule has 0 bridgehead atoms. The summed E-state index contributed by atoms with van der Waals surface area (Å²) in [6.07, 6.45) is 5.53. The van der Waals surface area contributed by atoms with Crippen molar-refractivity contribution in [3.05, 3.63) is 59.5 Å². The molecule has 168 valence electrons. The molecule has 5 rings (SSSR count). The average molecular weight is 434 g/mol. The highest BCUT2D eigenvalue weighted by atomic mass is 16.5. The van der Waals surface area contributed by atoms with E-state index >= 15 is 0 Å². The molecule has 1 unspecified atom stereocenters. The Kier molecular flexibility index (Phi) is 6.12. The van der Waals surface area contributed by atoms with E-state index < -0.39 is 0 Å². The van der Waals surface area contributed by atoms with Crippen LogP contribution in [-0.2, 0) is 6.42 Å². The SMILES string of the molecule is COc1ccc(Cc2nc3ccc(C(=O)N4CCCC(CN5CCCC5)C4)cc3o2)cc1. The van der Waals surface area contributed by atoms with E-state index in [9.17, 15) is 4.79 Å². The lowest BCUT2D eigenvalue weighted by Crippen LogP contribution is -2.43. The molecule has 3 heterocycles. The summed E-state index contributed by atoms with van der Waals surface area (Å²) in [5.74, 6) is 2.16. The van der Waals surface area contributed by atoms with Crippen LogP contribution in [0.5, 0.6) is 5.75 Å². The van der Waals surface area contributed by atoms with Crippen LogP contribution in [0.15, 0.2) is 46.9 Å². The number of nitrogens with zero attached hydrogens (tertiary/aromatic N) is 3. The fraction of sp³-hybridized carbons (Fsp3) is 0.462. The predicted molar refractivity (Wildman–Crippen MR) is 124 cm³/mol. The lowest BCUT2D eigenvalue weighted by molar-refractivity contribution is 0.0648. The highest BCUT2D eigenvalue weighted by Crippen LogP contribution is 2.24. The van der Waals surface area contributed by atoms with Crippen LogP contribution >= 0.6 is 0 Å². The van der Waals surface area contributed by atoms with E-state index in [0.717, 1.165) is 42.9 Å². The van der Waals surface area contributed by atoms with Crippen molar-refractivity contribution >= 4 is 17.0 Å². The normalized spacial score (nSPS) is 19.5. The molecule has 1 amide bonds. The first kappa shape index (κ1) is 21.0. The number of oxazole rings is 1. The molecule has 1 atom stereocenters. The molecule has 2 aliphatic rings. The van der Waals surface area contributed by atoms with Gasteiger partial charge in [0, 0.05) is 31.6 Å². The lowest BCUT2D eigenvalue weighted by atomic mass is 9.96. The summed E-state index contributed by atoms with van der Waals surface area (Å²) >= 11 is 0. The summed E-state index contributed by atoms with van der Waals surface area (Å²) in [5.41, 5.74) is 3.25. The minimum absolute atomic E-state index is 0.103. The molecule has 32 heavy (non-hydrogen) atoms. The maximum Gasteiger partial charge on any atom is 0.254 e. The molecule has 0 radical (unpaired) electrons.